The number of hydrogen-bond acceptors (Lipinski definition) is 0. The number of benzene rings is 1. The van der Waals surface area contributed by atoms with E-state index >= 15 is 0 Å². The monoisotopic (exact) mass is 236 g/mol. The second-order valence-electron chi connectivity index (χ2n) is 4.21. The van der Waals surface area contributed by atoms with Crippen LogP contribution in [0.15, 0.2) is 24.3 Å². The van der Waals surface area contributed by atoms with Gasteiger partial charge in [-0.05, 0) is 36.8 Å². The van der Waals surface area contributed by atoms with Crippen LogP contribution in [0.1, 0.15) is 65.5 Å². The van der Waals surface area contributed by atoms with Gasteiger partial charge in [-0.25, -0.2) is 0 Å². The summed E-state index contributed by atoms with van der Waals surface area (Å²) < 4.78 is 0. The van der Waals surface area contributed by atoms with Crippen molar-refractivity contribution in [1.29, 1.82) is 0 Å². The molecule has 0 heteroatoms. The first kappa shape index (κ1) is 18.6. The highest BCUT2D eigenvalue weighted by atomic mass is 14.0. The highest BCUT2D eigenvalue weighted by Crippen LogP contribution is 2.12. The van der Waals surface area contributed by atoms with Crippen molar-refractivity contribution < 1.29 is 0 Å². The van der Waals surface area contributed by atoms with E-state index in [9.17, 15) is 0 Å². The highest BCUT2D eigenvalue weighted by Gasteiger charge is 1.98. The second-order valence-corrected chi connectivity index (χ2v) is 4.21. The van der Waals surface area contributed by atoms with Gasteiger partial charge in [0, 0.05) is 0 Å². The molecule has 1 aromatic rings. The summed E-state index contributed by atoms with van der Waals surface area (Å²) in [4.78, 5) is 0. The summed E-state index contributed by atoms with van der Waals surface area (Å²) in [6.45, 7) is 14.8. The standard InChI is InChI=1S/C13H20.2C2H6/c1-11(2)7-6-10-13-9-5-4-8-12(13)3;2*1-2/h4-5,8-9,11H,6-7,10H2,1-3H3;2*1-2H3. The molecule has 0 spiro atoms. The molecule has 0 aliphatic rings. The first-order chi connectivity index (χ1) is 8.20. The normalized spacial score (nSPS) is 8.94. The first-order valence-electron chi connectivity index (χ1n) is 7.24. The fraction of sp³-hybridized carbons (Fsp3) is 0.647. The molecule has 0 nitrogen and oxygen atoms in total. The van der Waals surface area contributed by atoms with E-state index < -0.39 is 0 Å². The smallest absolute Gasteiger partial charge is 0.0276 e. The van der Waals surface area contributed by atoms with E-state index in [4.69, 9.17) is 0 Å². The molecule has 0 saturated heterocycles. The topological polar surface area (TPSA) is 0 Å². The summed E-state index contributed by atoms with van der Waals surface area (Å²) in [6, 6.07) is 8.69. The molecule has 0 fully saturated rings. The molecule has 0 atom stereocenters. The molecule has 0 amide bonds. The molecule has 0 aliphatic heterocycles. The third kappa shape index (κ3) is 10.1. The lowest BCUT2D eigenvalue weighted by Gasteiger charge is -2.06. The number of rotatable bonds is 4. The van der Waals surface area contributed by atoms with Crippen LogP contribution >= 0.6 is 0 Å². The average molecular weight is 236 g/mol. The summed E-state index contributed by atoms with van der Waals surface area (Å²) >= 11 is 0. The molecule has 17 heavy (non-hydrogen) atoms. The Balaban J connectivity index is 0. The molecule has 0 saturated carbocycles. The maximum atomic E-state index is 2.29. The third-order valence-electron chi connectivity index (χ3n) is 2.49. The predicted molar refractivity (Wildman–Crippen MR) is 81.7 cm³/mol. The van der Waals surface area contributed by atoms with Crippen LogP contribution in [-0.4, -0.2) is 0 Å². The van der Waals surface area contributed by atoms with E-state index in [-0.39, 0.29) is 0 Å². The molecule has 0 heterocycles. The van der Waals surface area contributed by atoms with Crippen molar-refractivity contribution >= 4 is 0 Å². The molecule has 0 bridgehead atoms. The highest BCUT2D eigenvalue weighted by molar-refractivity contribution is 5.25. The van der Waals surface area contributed by atoms with Crippen molar-refractivity contribution in [3.8, 4) is 0 Å². The minimum atomic E-state index is 0.837. The Morgan fingerprint density at radius 1 is 0.941 bits per heavy atom. The van der Waals surface area contributed by atoms with Gasteiger partial charge >= 0.3 is 0 Å². The lowest BCUT2D eigenvalue weighted by Crippen LogP contribution is -1.92. The summed E-state index contributed by atoms with van der Waals surface area (Å²) in [5.74, 6) is 0.837. The Kier molecular flexibility index (Phi) is 14.5. The summed E-state index contributed by atoms with van der Waals surface area (Å²) in [5, 5.41) is 0. The quantitative estimate of drug-likeness (QED) is 0.599. The summed E-state index contributed by atoms with van der Waals surface area (Å²) in [6.07, 6.45) is 3.90. The van der Waals surface area contributed by atoms with Gasteiger partial charge in [-0.2, -0.15) is 0 Å². The van der Waals surface area contributed by atoms with Crippen molar-refractivity contribution in [3.63, 3.8) is 0 Å². The molecule has 0 unspecified atom stereocenters. The van der Waals surface area contributed by atoms with E-state index in [1.165, 1.54) is 30.4 Å². The maximum Gasteiger partial charge on any atom is -0.0276 e. The van der Waals surface area contributed by atoms with Crippen LogP contribution in [0.3, 0.4) is 0 Å². The van der Waals surface area contributed by atoms with Crippen LogP contribution in [0, 0.1) is 12.8 Å². The van der Waals surface area contributed by atoms with E-state index in [0.717, 1.165) is 5.92 Å². The fourth-order valence-corrected chi connectivity index (χ4v) is 1.59. The van der Waals surface area contributed by atoms with E-state index in [2.05, 4.69) is 45.0 Å². The second kappa shape index (κ2) is 13.3. The zero-order chi connectivity index (χ0) is 13.7. The van der Waals surface area contributed by atoms with E-state index in [1.54, 1.807) is 0 Å². The summed E-state index contributed by atoms with van der Waals surface area (Å²) in [7, 11) is 0. The van der Waals surface area contributed by atoms with Crippen molar-refractivity contribution in [1.82, 2.24) is 0 Å². The SMILES string of the molecule is CC.CC.Cc1ccccc1CCCC(C)C. The Labute approximate surface area is 109 Å². The largest absolute Gasteiger partial charge is 0.0683 e. The molecule has 0 aromatic heterocycles. The molecule has 1 aromatic carbocycles. The fourth-order valence-electron chi connectivity index (χ4n) is 1.59. The Morgan fingerprint density at radius 2 is 1.47 bits per heavy atom. The molecular weight excluding hydrogens is 204 g/mol. The molecule has 0 N–H and O–H groups in total. The van der Waals surface area contributed by atoms with Gasteiger partial charge in [0.1, 0.15) is 0 Å². The van der Waals surface area contributed by atoms with Gasteiger partial charge in [-0.3, -0.25) is 0 Å². The van der Waals surface area contributed by atoms with Crippen molar-refractivity contribution in [2.75, 3.05) is 0 Å². The van der Waals surface area contributed by atoms with Gasteiger partial charge in [0.25, 0.3) is 0 Å². The van der Waals surface area contributed by atoms with Gasteiger partial charge in [0.05, 0.1) is 0 Å². The van der Waals surface area contributed by atoms with Gasteiger partial charge in [0.2, 0.25) is 0 Å². The van der Waals surface area contributed by atoms with Crippen molar-refractivity contribution in [2.45, 2.75) is 67.7 Å². The van der Waals surface area contributed by atoms with Crippen LogP contribution in [0.5, 0.6) is 0 Å². The molecular formula is C17H32. The number of aryl methyl sites for hydroxylation is 2. The van der Waals surface area contributed by atoms with E-state index in [1.807, 2.05) is 27.7 Å². The lowest BCUT2D eigenvalue weighted by atomic mass is 10.00. The van der Waals surface area contributed by atoms with Gasteiger partial charge < -0.3 is 0 Å². The third-order valence-corrected chi connectivity index (χ3v) is 2.49. The molecule has 0 radical (unpaired) electrons. The molecule has 1 rings (SSSR count). The maximum absolute atomic E-state index is 2.29. The first-order valence-corrected chi connectivity index (χ1v) is 7.24. The van der Waals surface area contributed by atoms with E-state index in [0.29, 0.717) is 0 Å². The van der Waals surface area contributed by atoms with Gasteiger partial charge in [0.15, 0.2) is 0 Å². The zero-order valence-electron chi connectivity index (χ0n) is 13.0. The van der Waals surface area contributed by atoms with Crippen LogP contribution in [0.25, 0.3) is 0 Å². The number of hydrogen-bond donors (Lipinski definition) is 0. The summed E-state index contributed by atoms with van der Waals surface area (Å²) in [5.41, 5.74) is 2.95. The Morgan fingerprint density at radius 3 is 1.94 bits per heavy atom. The molecule has 100 valence electrons. The zero-order valence-corrected chi connectivity index (χ0v) is 13.0. The van der Waals surface area contributed by atoms with Crippen molar-refractivity contribution in [3.05, 3.63) is 35.4 Å². The van der Waals surface area contributed by atoms with Gasteiger partial charge in [-0.1, -0.05) is 72.2 Å². The predicted octanol–water partition coefficient (Wildman–Crippen LogP) is 6.03. The minimum Gasteiger partial charge on any atom is -0.0683 e. The average Bonchev–Trinajstić information content (AvgIpc) is 2.36. The van der Waals surface area contributed by atoms with Crippen molar-refractivity contribution in [2.24, 2.45) is 5.92 Å². The Bertz CT molecular complexity index is 248. The Hall–Kier alpha value is -0.780. The molecule has 0 aliphatic carbocycles. The van der Waals surface area contributed by atoms with Crippen LogP contribution in [-0.2, 0) is 6.42 Å². The van der Waals surface area contributed by atoms with Crippen LogP contribution in [0.2, 0.25) is 0 Å². The van der Waals surface area contributed by atoms with Crippen LogP contribution in [0.4, 0.5) is 0 Å². The minimum absolute atomic E-state index is 0.837. The van der Waals surface area contributed by atoms with Gasteiger partial charge in [-0.15, -0.1) is 0 Å². The lowest BCUT2D eigenvalue weighted by molar-refractivity contribution is 0.555. The van der Waals surface area contributed by atoms with Crippen LogP contribution < -0.4 is 0 Å².